The van der Waals surface area contributed by atoms with Gasteiger partial charge in [-0.05, 0) is 18.6 Å². The van der Waals surface area contributed by atoms with Crippen LogP contribution in [0.3, 0.4) is 0 Å². The fourth-order valence-electron chi connectivity index (χ4n) is 2.07. The fraction of sp³-hybridized carbons (Fsp3) is 0.364. The first-order valence-corrected chi connectivity index (χ1v) is 5.32. The van der Waals surface area contributed by atoms with Crippen LogP contribution < -0.4 is 10.7 Å². The first-order chi connectivity index (χ1) is 7.43. The van der Waals surface area contributed by atoms with Gasteiger partial charge >= 0.3 is 0 Å². The molecule has 2 heterocycles. The van der Waals surface area contributed by atoms with E-state index in [1.165, 1.54) is 16.9 Å². The van der Waals surface area contributed by atoms with Gasteiger partial charge in [-0.3, -0.25) is 15.4 Å². The van der Waals surface area contributed by atoms with E-state index in [-0.39, 0.29) is 0 Å². The highest BCUT2D eigenvalue weighted by atomic mass is 15.5. The van der Waals surface area contributed by atoms with Crippen molar-refractivity contribution in [2.75, 3.05) is 30.4 Å². The zero-order valence-corrected chi connectivity index (χ0v) is 8.53. The third kappa shape index (κ3) is 1.52. The molecule has 1 aromatic carbocycles. The summed E-state index contributed by atoms with van der Waals surface area (Å²) >= 11 is 0. The van der Waals surface area contributed by atoms with Crippen LogP contribution in [0.2, 0.25) is 0 Å². The Labute approximate surface area is 89.0 Å². The number of anilines is 2. The molecule has 15 heavy (non-hydrogen) atoms. The normalized spacial score (nSPS) is 17.7. The first-order valence-electron chi connectivity index (χ1n) is 5.32. The molecule has 0 fully saturated rings. The van der Waals surface area contributed by atoms with Crippen molar-refractivity contribution in [1.82, 2.24) is 5.01 Å². The lowest BCUT2D eigenvalue weighted by Gasteiger charge is -2.18. The smallest absolute Gasteiger partial charge is 0.104 e. The summed E-state index contributed by atoms with van der Waals surface area (Å²) in [6.07, 6.45) is 2.96. The summed E-state index contributed by atoms with van der Waals surface area (Å²) in [6, 6.07) is 6.33. The number of rotatable bonds is 2. The molecule has 2 N–H and O–H groups in total. The summed E-state index contributed by atoms with van der Waals surface area (Å²) in [6.45, 7) is 2.89. The maximum atomic E-state index is 4.18. The minimum Gasteiger partial charge on any atom is -0.384 e. The molecule has 0 atom stereocenters. The van der Waals surface area contributed by atoms with E-state index in [2.05, 4.69) is 33.9 Å². The van der Waals surface area contributed by atoms with Crippen molar-refractivity contribution in [3.8, 4) is 0 Å². The molecule has 0 radical (unpaired) electrons. The molecular weight excluding hydrogens is 188 g/mol. The third-order valence-electron chi connectivity index (χ3n) is 2.82. The molecular formula is C11H14N4. The number of hydrogen-bond donors (Lipinski definition) is 2. The Hall–Kier alpha value is -1.71. The molecule has 0 saturated carbocycles. The molecule has 0 bridgehead atoms. The van der Waals surface area contributed by atoms with E-state index in [1.54, 1.807) is 0 Å². The van der Waals surface area contributed by atoms with Crippen LogP contribution >= 0.6 is 0 Å². The predicted octanol–water partition coefficient (Wildman–Crippen LogP) is 1.33. The van der Waals surface area contributed by atoms with Gasteiger partial charge in [-0.1, -0.05) is 6.07 Å². The summed E-state index contributed by atoms with van der Waals surface area (Å²) in [7, 11) is 0. The number of nitrogens with zero attached hydrogens (tertiary/aromatic N) is 2. The minimum atomic E-state index is 0.889. The highest BCUT2D eigenvalue weighted by molar-refractivity contribution is 5.70. The lowest BCUT2D eigenvalue weighted by Crippen LogP contribution is -2.26. The van der Waals surface area contributed by atoms with E-state index in [4.69, 9.17) is 0 Å². The predicted molar refractivity (Wildman–Crippen MR) is 62.3 cm³/mol. The molecule has 3 rings (SSSR count). The molecule has 0 saturated heterocycles. The second kappa shape index (κ2) is 3.46. The Balaban J connectivity index is 1.85. The molecule has 78 valence electrons. The van der Waals surface area contributed by atoms with Crippen molar-refractivity contribution < 1.29 is 0 Å². The second-order valence-electron chi connectivity index (χ2n) is 3.84. The van der Waals surface area contributed by atoms with Gasteiger partial charge in [-0.25, -0.2) is 0 Å². The standard InChI is InChI=1S/C11H14N4/c1-2-10-9(4-5-13-10)11(3-1)14-15-7-6-12-8-15/h1-3,8,13-14H,4-7H2. The van der Waals surface area contributed by atoms with Crippen LogP contribution in [0.4, 0.5) is 11.4 Å². The van der Waals surface area contributed by atoms with E-state index in [0.717, 1.165) is 26.1 Å². The first kappa shape index (κ1) is 8.59. The number of nitrogens with one attached hydrogen (secondary N) is 2. The van der Waals surface area contributed by atoms with Crippen molar-refractivity contribution >= 4 is 17.7 Å². The second-order valence-corrected chi connectivity index (χ2v) is 3.84. The van der Waals surface area contributed by atoms with Crippen LogP contribution in [0.15, 0.2) is 23.2 Å². The number of aliphatic imine (C=N–C) groups is 1. The summed E-state index contributed by atoms with van der Waals surface area (Å²) in [5.74, 6) is 0. The number of fused-ring (bicyclic) bond motifs is 1. The molecule has 1 aromatic rings. The van der Waals surface area contributed by atoms with E-state index in [1.807, 2.05) is 11.3 Å². The quantitative estimate of drug-likeness (QED) is 0.760. The number of hydrogen-bond acceptors (Lipinski definition) is 4. The average Bonchev–Trinajstić information content (AvgIpc) is 2.87. The molecule has 0 unspecified atom stereocenters. The summed E-state index contributed by atoms with van der Waals surface area (Å²) in [4.78, 5) is 4.18. The topological polar surface area (TPSA) is 39.7 Å². The molecule has 0 aromatic heterocycles. The molecule has 4 nitrogen and oxygen atoms in total. The van der Waals surface area contributed by atoms with Crippen molar-refractivity contribution in [3.05, 3.63) is 23.8 Å². The van der Waals surface area contributed by atoms with Gasteiger partial charge < -0.3 is 5.32 Å². The van der Waals surface area contributed by atoms with Crippen LogP contribution in [-0.2, 0) is 6.42 Å². The molecule has 4 heteroatoms. The third-order valence-corrected chi connectivity index (χ3v) is 2.82. The van der Waals surface area contributed by atoms with Crippen LogP contribution in [-0.4, -0.2) is 31.0 Å². The van der Waals surface area contributed by atoms with E-state index in [0.29, 0.717) is 0 Å². The fourth-order valence-corrected chi connectivity index (χ4v) is 2.07. The van der Waals surface area contributed by atoms with Gasteiger partial charge in [0, 0.05) is 17.8 Å². The molecule has 0 spiro atoms. The molecule has 2 aliphatic rings. The van der Waals surface area contributed by atoms with Gasteiger partial charge in [0.15, 0.2) is 0 Å². The van der Waals surface area contributed by atoms with E-state index < -0.39 is 0 Å². The van der Waals surface area contributed by atoms with Crippen molar-refractivity contribution in [2.24, 2.45) is 4.99 Å². The Morgan fingerprint density at radius 3 is 3.27 bits per heavy atom. The molecule has 0 aliphatic carbocycles. The summed E-state index contributed by atoms with van der Waals surface area (Å²) in [5.41, 5.74) is 7.23. The van der Waals surface area contributed by atoms with E-state index >= 15 is 0 Å². The monoisotopic (exact) mass is 202 g/mol. The lowest BCUT2D eigenvalue weighted by molar-refractivity contribution is 0.557. The SMILES string of the molecule is C1=NCCN1Nc1cccc2c1CCN2. The van der Waals surface area contributed by atoms with Crippen molar-refractivity contribution in [2.45, 2.75) is 6.42 Å². The van der Waals surface area contributed by atoms with Crippen LogP contribution in [0, 0.1) is 0 Å². The van der Waals surface area contributed by atoms with E-state index in [9.17, 15) is 0 Å². The zero-order chi connectivity index (χ0) is 10.1. The van der Waals surface area contributed by atoms with Crippen molar-refractivity contribution in [1.29, 1.82) is 0 Å². The van der Waals surface area contributed by atoms with Crippen molar-refractivity contribution in [3.63, 3.8) is 0 Å². The number of hydrazine groups is 1. The Bertz CT molecular complexity index is 400. The number of benzene rings is 1. The van der Waals surface area contributed by atoms with Gasteiger partial charge in [0.05, 0.1) is 18.8 Å². The van der Waals surface area contributed by atoms with Crippen LogP contribution in [0.1, 0.15) is 5.56 Å². The van der Waals surface area contributed by atoms with Gasteiger partial charge in [-0.2, -0.15) is 0 Å². The highest BCUT2D eigenvalue weighted by Gasteiger charge is 2.15. The molecule has 0 amide bonds. The highest BCUT2D eigenvalue weighted by Crippen LogP contribution is 2.29. The van der Waals surface area contributed by atoms with Crippen LogP contribution in [0.5, 0.6) is 0 Å². The lowest BCUT2D eigenvalue weighted by atomic mass is 10.1. The largest absolute Gasteiger partial charge is 0.384 e. The molecule has 2 aliphatic heterocycles. The Kier molecular flexibility index (Phi) is 1.98. The Morgan fingerprint density at radius 2 is 2.40 bits per heavy atom. The Morgan fingerprint density at radius 1 is 1.40 bits per heavy atom. The summed E-state index contributed by atoms with van der Waals surface area (Å²) < 4.78 is 0. The minimum absolute atomic E-state index is 0.889. The average molecular weight is 202 g/mol. The van der Waals surface area contributed by atoms with Gasteiger partial charge in [-0.15, -0.1) is 0 Å². The summed E-state index contributed by atoms with van der Waals surface area (Å²) in [5, 5.41) is 5.41. The maximum absolute atomic E-state index is 4.18. The van der Waals surface area contributed by atoms with Crippen LogP contribution in [0.25, 0.3) is 0 Å². The zero-order valence-electron chi connectivity index (χ0n) is 8.53. The van der Waals surface area contributed by atoms with Gasteiger partial charge in [0.25, 0.3) is 0 Å². The van der Waals surface area contributed by atoms with Gasteiger partial charge in [0.1, 0.15) is 6.34 Å². The maximum Gasteiger partial charge on any atom is 0.104 e. The van der Waals surface area contributed by atoms with Gasteiger partial charge in [0.2, 0.25) is 0 Å².